The normalized spacial score (nSPS) is 20.4. The van der Waals surface area contributed by atoms with E-state index in [1.807, 2.05) is 18.2 Å². The van der Waals surface area contributed by atoms with Gasteiger partial charge in [0, 0.05) is 17.6 Å². The van der Waals surface area contributed by atoms with E-state index in [2.05, 4.69) is 28.1 Å². The largest absolute Gasteiger partial charge is 0.253 e. The standard InChI is InChI=1S/C14H14BrNO2S2/c15-13-7-9-19-14(13)20(17,18)16-8-6-12(10-16)11-4-2-1-3-5-11/h1-5,7,9,12H,6,8,10H2. The fourth-order valence-corrected chi connectivity index (χ4v) is 6.47. The molecule has 0 saturated carbocycles. The quantitative estimate of drug-likeness (QED) is 0.824. The summed E-state index contributed by atoms with van der Waals surface area (Å²) in [5.74, 6) is 0.296. The fourth-order valence-electron chi connectivity index (χ4n) is 2.52. The second-order valence-electron chi connectivity index (χ2n) is 4.82. The van der Waals surface area contributed by atoms with Crippen LogP contribution in [-0.2, 0) is 10.0 Å². The van der Waals surface area contributed by atoms with E-state index in [9.17, 15) is 8.42 Å². The highest BCUT2D eigenvalue weighted by Crippen LogP contribution is 2.35. The van der Waals surface area contributed by atoms with E-state index in [0.29, 0.717) is 27.7 Å². The second kappa shape index (κ2) is 5.60. The van der Waals surface area contributed by atoms with Gasteiger partial charge in [-0.3, -0.25) is 0 Å². The molecule has 0 amide bonds. The Balaban J connectivity index is 1.83. The first kappa shape index (κ1) is 14.3. The Bertz CT molecular complexity index is 697. The van der Waals surface area contributed by atoms with Crippen LogP contribution in [0.1, 0.15) is 17.9 Å². The summed E-state index contributed by atoms with van der Waals surface area (Å²) in [5, 5.41) is 1.79. The van der Waals surface area contributed by atoms with Crippen LogP contribution in [0.4, 0.5) is 0 Å². The number of hydrogen-bond acceptors (Lipinski definition) is 3. The smallest absolute Gasteiger partial charge is 0.206 e. The molecule has 20 heavy (non-hydrogen) atoms. The maximum Gasteiger partial charge on any atom is 0.253 e. The monoisotopic (exact) mass is 371 g/mol. The summed E-state index contributed by atoms with van der Waals surface area (Å²) >= 11 is 4.58. The van der Waals surface area contributed by atoms with Crippen LogP contribution in [0.25, 0.3) is 0 Å². The summed E-state index contributed by atoms with van der Waals surface area (Å²) in [6.45, 7) is 1.16. The van der Waals surface area contributed by atoms with Crippen molar-refractivity contribution < 1.29 is 8.42 Å². The van der Waals surface area contributed by atoms with Crippen molar-refractivity contribution in [3.8, 4) is 0 Å². The predicted octanol–water partition coefficient (Wildman–Crippen LogP) is 3.69. The van der Waals surface area contributed by atoms with Crippen LogP contribution in [-0.4, -0.2) is 25.8 Å². The molecule has 1 aliphatic rings. The Morgan fingerprint density at radius 2 is 1.95 bits per heavy atom. The first-order chi connectivity index (χ1) is 9.59. The SMILES string of the molecule is O=S(=O)(c1sccc1Br)N1CCC(c2ccccc2)C1. The van der Waals surface area contributed by atoms with Gasteiger partial charge in [-0.05, 0) is 45.3 Å². The number of benzene rings is 1. The molecule has 0 spiro atoms. The zero-order chi connectivity index (χ0) is 14.2. The third-order valence-corrected chi connectivity index (χ3v) is 8.09. The molecule has 3 rings (SSSR count). The van der Waals surface area contributed by atoms with E-state index >= 15 is 0 Å². The molecule has 0 radical (unpaired) electrons. The summed E-state index contributed by atoms with van der Waals surface area (Å²) in [7, 11) is -3.36. The van der Waals surface area contributed by atoms with Gasteiger partial charge in [-0.2, -0.15) is 4.31 Å². The number of sulfonamides is 1. The highest BCUT2D eigenvalue weighted by atomic mass is 79.9. The molecule has 1 aromatic heterocycles. The summed E-state index contributed by atoms with van der Waals surface area (Å²) < 4.78 is 27.9. The van der Waals surface area contributed by atoms with Crippen LogP contribution in [0.2, 0.25) is 0 Å². The Labute approximate surface area is 131 Å². The van der Waals surface area contributed by atoms with Gasteiger partial charge >= 0.3 is 0 Å². The molecule has 0 bridgehead atoms. The van der Waals surface area contributed by atoms with Crippen molar-refractivity contribution in [3.05, 3.63) is 51.8 Å². The first-order valence-corrected chi connectivity index (χ1v) is 9.48. The maximum absolute atomic E-state index is 12.6. The van der Waals surface area contributed by atoms with Crippen LogP contribution < -0.4 is 0 Å². The molecule has 1 fully saturated rings. The molecule has 106 valence electrons. The zero-order valence-corrected chi connectivity index (χ0v) is 13.9. The van der Waals surface area contributed by atoms with E-state index in [4.69, 9.17) is 0 Å². The minimum atomic E-state index is -3.36. The Morgan fingerprint density at radius 3 is 2.60 bits per heavy atom. The molecule has 1 unspecified atom stereocenters. The lowest BCUT2D eigenvalue weighted by Gasteiger charge is -2.16. The van der Waals surface area contributed by atoms with Crippen molar-refractivity contribution in [2.24, 2.45) is 0 Å². The highest BCUT2D eigenvalue weighted by Gasteiger charge is 2.34. The van der Waals surface area contributed by atoms with E-state index in [1.54, 1.807) is 15.8 Å². The molecule has 0 N–H and O–H groups in total. The van der Waals surface area contributed by atoms with Crippen LogP contribution in [0.3, 0.4) is 0 Å². The number of hydrogen-bond donors (Lipinski definition) is 0. The molecular formula is C14H14BrNO2S2. The molecule has 1 atom stereocenters. The average Bonchev–Trinajstić information content (AvgIpc) is 3.08. The summed E-state index contributed by atoms with van der Waals surface area (Å²) in [6.07, 6.45) is 0.881. The second-order valence-corrected chi connectivity index (χ2v) is 8.72. The average molecular weight is 372 g/mol. The highest BCUT2D eigenvalue weighted by molar-refractivity contribution is 9.10. The number of thiophene rings is 1. The lowest BCUT2D eigenvalue weighted by molar-refractivity contribution is 0.474. The number of nitrogens with zero attached hydrogens (tertiary/aromatic N) is 1. The molecule has 1 saturated heterocycles. The van der Waals surface area contributed by atoms with Crippen molar-refractivity contribution in [1.82, 2.24) is 4.31 Å². The molecule has 2 aromatic rings. The molecule has 2 heterocycles. The van der Waals surface area contributed by atoms with Crippen molar-refractivity contribution in [2.45, 2.75) is 16.5 Å². The van der Waals surface area contributed by atoms with E-state index < -0.39 is 10.0 Å². The van der Waals surface area contributed by atoms with E-state index in [-0.39, 0.29) is 0 Å². The van der Waals surface area contributed by atoms with Crippen LogP contribution in [0.15, 0.2) is 50.5 Å². The lowest BCUT2D eigenvalue weighted by Crippen LogP contribution is -2.28. The summed E-state index contributed by atoms with van der Waals surface area (Å²) in [4.78, 5) is 0. The van der Waals surface area contributed by atoms with Gasteiger partial charge in [0.1, 0.15) is 4.21 Å². The summed E-state index contributed by atoms with van der Waals surface area (Å²) in [5.41, 5.74) is 1.22. The zero-order valence-electron chi connectivity index (χ0n) is 10.7. The van der Waals surface area contributed by atoms with Crippen molar-refractivity contribution in [3.63, 3.8) is 0 Å². The van der Waals surface area contributed by atoms with Gasteiger partial charge in [0.25, 0.3) is 10.0 Å². The first-order valence-electron chi connectivity index (χ1n) is 6.37. The Hall–Kier alpha value is -0.690. The Kier molecular flexibility index (Phi) is 3.99. The van der Waals surface area contributed by atoms with E-state index in [1.165, 1.54) is 16.9 Å². The van der Waals surface area contributed by atoms with Crippen LogP contribution >= 0.6 is 27.3 Å². The van der Waals surface area contributed by atoms with Crippen molar-refractivity contribution >= 4 is 37.3 Å². The predicted molar refractivity (Wildman–Crippen MR) is 84.6 cm³/mol. The summed E-state index contributed by atoms with van der Waals surface area (Å²) in [6, 6.07) is 11.9. The van der Waals surface area contributed by atoms with Gasteiger partial charge in [-0.25, -0.2) is 8.42 Å². The maximum atomic E-state index is 12.6. The Morgan fingerprint density at radius 1 is 1.20 bits per heavy atom. The topological polar surface area (TPSA) is 37.4 Å². The van der Waals surface area contributed by atoms with Gasteiger partial charge in [0.15, 0.2) is 0 Å². The van der Waals surface area contributed by atoms with Crippen molar-refractivity contribution in [2.75, 3.05) is 13.1 Å². The minimum Gasteiger partial charge on any atom is -0.206 e. The third-order valence-electron chi connectivity index (χ3n) is 3.58. The lowest BCUT2D eigenvalue weighted by atomic mass is 9.99. The van der Waals surface area contributed by atoms with Crippen LogP contribution in [0.5, 0.6) is 0 Å². The van der Waals surface area contributed by atoms with E-state index in [0.717, 1.165) is 6.42 Å². The fraction of sp³-hybridized carbons (Fsp3) is 0.286. The number of halogens is 1. The molecule has 3 nitrogen and oxygen atoms in total. The van der Waals surface area contributed by atoms with Crippen molar-refractivity contribution in [1.29, 1.82) is 0 Å². The van der Waals surface area contributed by atoms with Crippen LogP contribution in [0, 0.1) is 0 Å². The minimum absolute atomic E-state index is 0.296. The van der Waals surface area contributed by atoms with Gasteiger partial charge in [-0.1, -0.05) is 30.3 Å². The molecule has 0 aliphatic carbocycles. The molecule has 6 heteroatoms. The van der Waals surface area contributed by atoms with Gasteiger partial charge in [0.2, 0.25) is 0 Å². The molecular weight excluding hydrogens is 358 g/mol. The van der Waals surface area contributed by atoms with Gasteiger partial charge < -0.3 is 0 Å². The molecule has 1 aliphatic heterocycles. The van der Waals surface area contributed by atoms with Gasteiger partial charge in [0.05, 0.1) is 0 Å². The van der Waals surface area contributed by atoms with Gasteiger partial charge in [-0.15, -0.1) is 11.3 Å². The molecule has 1 aromatic carbocycles. The third kappa shape index (κ3) is 2.57. The number of rotatable bonds is 3.